The molecule has 14 atom stereocenters. The molecule has 0 aliphatic rings. The van der Waals surface area contributed by atoms with Gasteiger partial charge in [-0.15, -0.1) is 0 Å². The van der Waals surface area contributed by atoms with Crippen molar-refractivity contribution >= 4 is 107 Å². The minimum Gasteiger partial charge on any atom is -0.481 e. The van der Waals surface area contributed by atoms with Crippen LogP contribution in [0.15, 0.2) is 25.0 Å². The topological polar surface area (TPSA) is 700 Å². The molecule has 0 saturated carbocycles. The standard InChI is InChI=1S/C71H116N20O23/c1-10-38(8)58(91-62(104)43(16-12-14-22-73)81-66(108)49(26-40-30-75-33-77-40)85-59(101)42(15-11-13-21-72)80-60(102)44(79-39(9)93)18-20-55(95)96)70(112)89-48(25-37(6)7)65(107)86-50(27-41-31-76-34-78-41)67(109)88-51(28-56(97)98)68(110)84-47(24-36(4)5)64(106)83-46(23-35(2)3)63(105)82-45(17-19-54(74)94)61(103)87-52(29-57(99)100)69(111)90-53(32-92)71(113)114/h30-31,33-38,42-53,58,92H,10-29,32,72-73H2,1-9H3,(H2,74,94)(H,75,77)(H,76,78)(H,79,93)(H,80,102)(H,81,108)(H,82,105)(H,83,106)(H,84,110)(H,85,101)(H,86,107)(H,87,103)(H,88,109)(H,89,112)(H,90,111)(H,91,104)(H,95,96)(H,97,98)(H,99,100)(H,113,114)/t38-,42-,43-,44-,45-,46-,47-,48-,49-,50-,51-,52-,53-,58-/m0/s1. The molecule has 114 heavy (non-hydrogen) atoms. The Morgan fingerprint density at radius 2 is 0.693 bits per heavy atom. The summed E-state index contributed by atoms with van der Waals surface area (Å²) in [7, 11) is 0. The molecule has 0 bridgehead atoms. The van der Waals surface area contributed by atoms with Crippen LogP contribution >= 0.6 is 0 Å². The Balaban J connectivity index is 2.59. The third-order valence-electron chi connectivity index (χ3n) is 17.7. The molecule has 0 saturated heterocycles. The first kappa shape index (κ1) is 98.8. The van der Waals surface area contributed by atoms with Gasteiger partial charge in [-0.1, -0.05) is 61.8 Å². The smallest absolute Gasteiger partial charge is 0.328 e. The zero-order valence-corrected chi connectivity index (χ0v) is 65.7. The number of carboxylic acids is 4. The number of aliphatic carboxylic acids is 4. The number of aliphatic hydroxyl groups is 1. The Morgan fingerprint density at radius 1 is 0.386 bits per heavy atom. The Bertz CT molecular complexity index is 3540. The van der Waals surface area contributed by atoms with Crippen LogP contribution < -0.4 is 86.3 Å². The third kappa shape index (κ3) is 37.9. The van der Waals surface area contributed by atoms with Gasteiger partial charge in [0.1, 0.15) is 78.5 Å². The number of aromatic amines is 2. The molecule has 0 aliphatic carbocycles. The maximum Gasteiger partial charge on any atom is 0.328 e. The van der Waals surface area contributed by atoms with E-state index in [0.717, 1.165) is 6.92 Å². The number of rotatable bonds is 57. The van der Waals surface area contributed by atoms with Crippen LogP contribution in [0.3, 0.4) is 0 Å². The lowest BCUT2D eigenvalue weighted by Crippen LogP contribution is -2.62. The van der Waals surface area contributed by atoms with Crippen LogP contribution in [-0.4, -0.2) is 250 Å². The summed E-state index contributed by atoms with van der Waals surface area (Å²) >= 11 is 0. The van der Waals surface area contributed by atoms with Crippen LogP contribution in [0.4, 0.5) is 0 Å². The molecule has 43 heteroatoms. The van der Waals surface area contributed by atoms with E-state index in [1.165, 1.54) is 25.0 Å². The fourth-order valence-corrected chi connectivity index (χ4v) is 11.5. The van der Waals surface area contributed by atoms with Crippen molar-refractivity contribution in [2.75, 3.05) is 19.7 Å². The van der Waals surface area contributed by atoms with Crippen LogP contribution in [-0.2, 0) is 99.1 Å². The molecule has 14 amide bonds. The Hall–Kier alpha value is -11.2. The molecular weight excluding hydrogens is 1500 g/mol. The molecule has 0 unspecified atom stereocenters. The highest BCUT2D eigenvalue weighted by Crippen LogP contribution is 2.17. The van der Waals surface area contributed by atoms with E-state index < -0.39 is 248 Å². The number of hydrogen-bond acceptors (Lipinski definition) is 23. The number of imidazole rings is 2. The molecular formula is C71H116N20O23. The van der Waals surface area contributed by atoms with Gasteiger partial charge in [0.25, 0.3) is 0 Å². The molecule has 2 heterocycles. The second-order valence-corrected chi connectivity index (χ2v) is 29.0. The Morgan fingerprint density at radius 3 is 1.01 bits per heavy atom. The highest BCUT2D eigenvalue weighted by molar-refractivity contribution is 6.01. The fourth-order valence-electron chi connectivity index (χ4n) is 11.5. The van der Waals surface area contributed by atoms with Crippen LogP contribution in [0, 0.1) is 23.7 Å². The van der Waals surface area contributed by atoms with Crippen molar-refractivity contribution in [1.82, 2.24) is 89.1 Å². The van der Waals surface area contributed by atoms with E-state index in [-0.39, 0.29) is 82.5 Å². The summed E-state index contributed by atoms with van der Waals surface area (Å²) in [6.45, 7) is 13.7. The van der Waals surface area contributed by atoms with Crippen LogP contribution in [0.1, 0.15) is 176 Å². The zero-order chi connectivity index (χ0) is 86.1. The molecule has 0 aliphatic heterocycles. The number of aromatic nitrogens is 4. The average molecular weight is 1620 g/mol. The summed E-state index contributed by atoms with van der Waals surface area (Å²) in [4.78, 5) is 256. The third-order valence-corrected chi connectivity index (χ3v) is 17.7. The van der Waals surface area contributed by atoms with Gasteiger partial charge in [-0.3, -0.25) is 81.5 Å². The lowest BCUT2D eigenvalue weighted by Gasteiger charge is -2.30. The number of hydrogen-bond donors (Lipinski definition) is 23. The second-order valence-electron chi connectivity index (χ2n) is 29.0. The van der Waals surface area contributed by atoms with Crippen LogP contribution in [0.25, 0.3) is 0 Å². The van der Waals surface area contributed by atoms with E-state index in [0.29, 0.717) is 25.0 Å². The minimum atomic E-state index is -2.02. The average Bonchev–Trinajstić information content (AvgIpc) is 1.29. The number of nitrogens with one attached hydrogen (secondary N) is 15. The van der Waals surface area contributed by atoms with Gasteiger partial charge in [0.2, 0.25) is 82.7 Å². The molecule has 26 N–H and O–H groups in total. The molecule has 2 aromatic heterocycles. The normalized spacial score (nSPS) is 14.9. The summed E-state index contributed by atoms with van der Waals surface area (Å²) in [6.07, 6.45) is 1.33. The zero-order valence-electron chi connectivity index (χ0n) is 65.7. The second kappa shape index (κ2) is 51.4. The summed E-state index contributed by atoms with van der Waals surface area (Å²) in [5, 5.41) is 79.8. The predicted octanol–water partition coefficient (Wildman–Crippen LogP) is -5.16. The highest BCUT2D eigenvalue weighted by atomic mass is 16.4. The lowest BCUT2D eigenvalue weighted by atomic mass is 9.96. The van der Waals surface area contributed by atoms with Crippen LogP contribution in [0.2, 0.25) is 0 Å². The SMILES string of the molecule is CC[C@H](C)[C@H](NC(=O)[C@H](CCCCN)NC(=O)[C@H](Cc1cnc[nH]1)NC(=O)[C@H](CCCCN)NC(=O)[C@H](CCC(=O)O)NC(C)=O)C(=O)N[C@@H](CC(C)C)C(=O)N[C@@H](Cc1cnc[nH]1)C(=O)N[C@@H](CC(=O)O)C(=O)N[C@@H](CC(C)C)C(=O)N[C@@H](CC(C)C)C(=O)N[C@@H](CCC(N)=O)C(=O)N[C@@H](CC(=O)O)C(=O)N[C@@H](CO)C(=O)O. The van der Waals surface area contributed by atoms with Gasteiger partial charge in [0.15, 0.2) is 0 Å². The van der Waals surface area contributed by atoms with Crippen molar-refractivity contribution in [3.8, 4) is 0 Å². The lowest BCUT2D eigenvalue weighted by molar-refractivity contribution is -0.144. The number of amides is 14. The van der Waals surface area contributed by atoms with Gasteiger partial charge in [-0.05, 0) is 107 Å². The number of carboxylic acid groups (broad SMARTS) is 4. The Labute approximate surface area is 658 Å². The molecule has 0 aromatic carbocycles. The number of aliphatic hydroxyl groups excluding tert-OH is 1. The van der Waals surface area contributed by atoms with Crippen LogP contribution in [0.5, 0.6) is 0 Å². The molecule has 2 rings (SSSR count). The minimum absolute atomic E-state index is 0.0200. The predicted molar refractivity (Wildman–Crippen MR) is 404 cm³/mol. The molecule has 2 aromatic rings. The summed E-state index contributed by atoms with van der Waals surface area (Å²) < 4.78 is 0. The van der Waals surface area contributed by atoms with E-state index in [1.807, 2.05) is 5.32 Å². The van der Waals surface area contributed by atoms with Crippen molar-refractivity contribution in [2.24, 2.45) is 40.9 Å². The van der Waals surface area contributed by atoms with Gasteiger partial charge in [0, 0.05) is 56.4 Å². The first-order chi connectivity index (χ1) is 53.6. The Kier molecular flexibility index (Phi) is 44.6. The van der Waals surface area contributed by atoms with Crippen molar-refractivity contribution in [2.45, 2.75) is 256 Å². The van der Waals surface area contributed by atoms with Crippen molar-refractivity contribution in [3.63, 3.8) is 0 Å². The summed E-state index contributed by atoms with van der Waals surface area (Å²) in [6, 6.07) is -21.2. The largest absolute Gasteiger partial charge is 0.481 e. The monoisotopic (exact) mass is 1620 g/mol. The maximum absolute atomic E-state index is 14.8. The molecule has 638 valence electrons. The van der Waals surface area contributed by atoms with Gasteiger partial charge >= 0.3 is 23.9 Å². The maximum atomic E-state index is 14.8. The highest BCUT2D eigenvalue weighted by Gasteiger charge is 2.40. The molecule has 0 spiro atoms. The molecule has 43 nitrogen and oxygen atoms in total. The fraction of sp³-hybridized carbons (Fsp3) is 0.662. The molecule has 0 radical (unpaired) electrons. The van der Waals surface area contributed by atoms with Gasteiger partial charge in [0.05, 0.1) is 32.1 Å². The van der Waals surface area contributed by atoms with Crippen molar-refractivity contribution in [3.05, 3.63) is 36.4 Å². The quantitative estimate of drug-likeness (QED) is 0.0275. The van der Waals surface area contributed by atoms with Gasteiger partial charge in [-0.25, -0.2) is 14.8 Å². The number of nitrogens with two attached hydrogens (primary N) is 3. The van der Waals surface area contributed by atoms with Crippen molar-refractivity contribution < 1.29 is 112 Å². The van der Waals surface area contributed by atoms with Crippen molar-refractivity contribution in [1.29, 1.82) is 0 Å². The number of primary amides is 1. The van der Waals surface area contributed by atoms with E-state index in [4.69, 9.17) is 17.2 Å². The summed E-state index contributed by atoms with van der Waals surface area (Å²) in [5.74, 6) is -22.4. The number of carbonyl (C=O) groups is 18. The van der Waals surface area contributed by atoms with E-state index in [1.54, 1.807) is 55.4 Å². The first-order valence-electron chi connectivity index (χ1n) is 37.7. The molecule has 0 fully saturated rings. The van der Waals surface area contributed by atoms with Gasteiger partial charge in [-0.2, -0.15) is 0 Å². The van der Waals surface area contributed by atoms with E-state index >= 15 is 0 Å². The number of nitrogens with zero attached hydrogens (tertiary/aromatic N) is 2. The number of unbranched alkanes of at least 4 members (excludes halogenated alkanes) is 2. The summed E-state index contributed by atoms with van der Waals surface area (Å²) in [5.41, 5.74) is 17.5. The van der Waals surface area contributed by atoms with E-state index in [9.17, 15) is 112 Å². The number of H-pyrrole nitrogens is 2. The van der Waals surface area contributed by atoms with E-state index in [2.05, 4.69) is 83.7 Å². The van der Waals surface area contributed by atoms with Gasteiger partial charge < -0.3 is 122 Å². The number of carbonyl (C=O) groups excluding carboxylic acids is 14. The first-order valence-corrected chi connectivity index (χ1v) is 37.7.